The molecule has 0 spiro atoms. The molecule has 0 amide bonds. The largest absolute Gasteiger partial charge is 0.506 e. The van der Waals surface area contributed by atoms with Gasteiger partial charge in [0.05, 0.1) is 11.6 Å². The van der Waals surface area contributed by atoms with E-state index in [-0.39, 0.29) is 12.4 Å². The summed E-state index contributed by atoms with van der Waals surface area (Å²) in [5.41, 5.74) is 2.95. The van der Waals surface area contributed by atoms with Crippen LogP contribution in [-0.2, 0) is 24.3 Å². The summed E-state index contributed by atoms with van der Waals surface area (Å²) in [6.07, 6.45) is 3.07. The summed E-state index contributed by atoms with van der Waals surface area (Å²) in [7, 11) is 0. The molecule has 1 aromatic rings. The number of hydrogen-bond acceptors (Lipinski definition) is 3. The summed E-state index contributed by atoms with van der Waals surface area (Å²) >= 11 is 6.03. The van der Waals surface area contributed by atoms with Gasteiger partial charge in [-0.05, 0) is 36.5 Å². The molecule has 0 aromatic heterocycles. The van der Waals surface area contributed by atoms with Crippen molar-refractivity contribution < 1.29 is 9.94 Å². The lowest BCUT2D eigenvalue weighted by atomic mass is 10.1. The highest BCUT2D eigenvalue weighted by Crippen LogP contribution is 2.38. The van der Waals surface area contributed by atoms with Gasteiger partial charge in [-0.2, -0.15) is 0 Å². The first-order valence-electron chi connectivity index (χ1n) is 4.57. The van der Waals surface area contributed by atoms with E-state index in [1.54, 1.807) is 0 Å². The molecule has 0 heterocycles. The zero-order valence-corrected chi connectivity index (χ0v) is 8.47. The summed E-state index contributed by atoms with van der Waals surface area (Å²) in [5.74, 6) is 5.08. The number of rotatable bonds is 2. The zero-order chi connectivity index (χ0) is 10.1. The second-order valence-corrected chi connectivity index (χ2v) is 3.88. The Bertz CT molecular complexity index is 366. The summed E-state index contributed by atoms with van der Waals surface area (Å²) in [4.78, 5) is 4.50. The van der Waals surface area contributed by atoms with Crippen LogP contribution in [0.3, 0.4) is 0 Å². The number of nitrogens with two attached hydrogens (primary N) is 1. The van der Waals surface area contributed by atoms with Crippen LogP contribution < -0.4 is 5.90 Å². The molecule has 76 valence electrons. The van der Waals surface area contributed by atoms with E-state index in [1.807, 2.05) is 6.07 Å². The fourth-order valence-electron chi connectivity index (χ4n) is 1.94. The zero-order valence-electron chi connectivity index (χ0n) is 7.72. The molecule has 2 rings (SSSR count). The predicted molar refractivity (Wildman–Crippen MR) is 54.1 cm³/mol. The van der Waals surface area contributed by atoms with Crippen molar-refractivity contribution in [3.63, 3.8) is 0 Å². The minimum absolute atomic E-state index is 0.109. The van der Waals surface area contributed by atoms with Crippen molar-refractivity contribution in [3.8, 4) is 5.75 Å². The third kappa shape index (κ3) is 1.47. The quantitative estimate of drug-likeness (QED) is 0.739. The van der Waals surface area contributed by atoms with Gasteiger partial charge in [-0.1, -0.05) is 11.6 Å². The molecule has 4 heteroatoms. The number of phenolic OH excluding ortho intramolecular Hbond substituents is 1. The standard InChI is InChI=1S/C10H12ClNO2/c11-9-8-3-1-2-6(8)4-7(5-14-12)10(9)13/h4,13H,1-3,5,12H2. The Balaban J connectivity index is 2.49. The predicted octanol–water partition coefficient (Wildman–Crippen LogP) is 1.92. The minimum atomic E-state index is 0.109. The molecule has 0 unspecified atom stereocenters. The summed E-state index contributed by atoms with van der Waals surface area (Å²) in [6.45, 7) is 0.193. The SMILES string of the molecule is NOCc1cc2c(c(Cl)c1O)CCC2. The molecular formula is C10H12ClNO2. The Labute approximate surface area is 87.4 Å². The van der Waals surface area contributed by atoms with Crippen LogP contribution in [0.2, 0.25) is 5.02 Å². The molecule has 3 N–H and O–H groups in total. The van der Waals surface area contributed by atoms with E-state index in [0.717, 1.165) is 24.8 Å². The topological polar surface area (TPSA) is 55.5 Å². The van der Waals surface area contributed by atoms with Crippen LogP contribution in [0.25, 0.3) is 0 Å². The monoisotopic (exact) mass is 213 g/mol. The van der Waals surface area contributed by atoms with E-state index in [0.29, 0.717) is 10.6 Å². The third-order valence-electron chi connectivity index (χ3n) is 2.62. The van der Waals surface area contributed by atoms with E-state index < -0.39 is 0 Å². The molecule has 0 atom stereocenters. The maximum Gasteiger partial charge on any atom is 0.140 e. The molecule has 14 heavy (non-hydrogen) atoms. The minimum Gasteiger partial charge on any atom is -0.506 e. The Kier molecular flexibility index (Phi) is 2.63. The number of hydrogen-bond donors (Lipinski definition) is 2. The molecule has 0 saturated carbocycles. The molecule has 1 aliphatic rings. The Morgan fingerprint density at radius 2 is 2.29 bits per heavy atom. The van der Waals surface area contributed by atoms with E-state index in [1.165, 1.54) is 5.56 Å². The molecule has 1 aromatic carbocycles. The lowest BCUT2D eigenvalue weighted by Gasteiger charge is -2.09. The van der Waals surface area contributed by atoms with Crippen molar-refractivity contribution in [3.05, 3.63) is 27.8 Å². The van der Waals surface area contributed by atoms with Crippen molar-refractivity contribution in [1.82, 2.24) is 0 Å². The fourth-order valence-corrected chi connectivity index (χ4v) is 2.28. The first-order chi connectivity index (χ1) is 6.74. The van der Waals surface area contributed by atoms with Gasteiger partial charge in [-0.15, -0.1) is 0 Å². The van der Waals surface area contributed by atoms with Crippen LogP contribution in [0.15, 0.2) is 6.07 Å². The van der Waals surface area contributed by atoms with Crippen LogP contribution in [0.4, 0.5) is 0 Å². The highest BCUT2D eigenvalue weighted by molar-refractivity contribution is 6.33. The summed E-state index contributed by atoms with van der Waals surface area (Å²) in [6, 6.07) is 1.93. The van der Waals surface area contributed by atoms with Crippen molar-refractivity contribution >= 4 is 11.6 Å². The van der Waals surface area contributed by atoms with E-state index in [4.69, 9.17) is 17.5 Å². The normalized spacial score (nSPS) is 14.4. The number of halogens is 1. The number of aryl methyl sites for hydroxylation is 1. The van der Waals surface area contributed by atoms with Gasteiger partial charge >= 0.3 is 0 Å². The average Bonchev–Trinajstić information content (AvgIpc) is 2.62. The van der Waals surface area contributed by atoms with Crippen LogP contribution in [0, 0.1) is 0 Å². The first kappa shape index (κ1) is 9.77. The molecule has 0 fully saturated rings. The number of phenols is 1. The fraction of sp³-hybridized carbons (Fsp3) is 0.400. The third-order valence-corrected chi connectivity index (χ3v) is 3.03. The molecule has 3 nitrogen and oxygen atoms in total. The van der Waals surface area contributed by atoms with E-state index in [9.17, 15) is 5.11 Å². The number of benzene rings is 1. The van der Waals surface area contributed by atoms with Crippen LogP contribution >= 0.6 is 11.6 Å². The van der Waals surface area contributed by atoms with E-state index in [2.05, 4.69) is 4.84 Å². The average molecular weight is 214 g/mol. The van der Waals surface area contributed by atoms with Gasteiger partial charge in [0.1, 0.15) is 5.75 Å². The molecule has 0 saturated heterocycles. The van der Waals surface area contributed by atoms with Gasteiger partial charge in [-0.3, -0.25) is 4.84 Å². The van der Waals surface area contributed by atoms with Crippen LogP contribution in [-0.4, -0.2) is 5.11 Å². The van der Waals surface area contributed by atoms with Crippen molar-refractivity contribution in [2.45, 2.75) is 25.9 Å². The molecule has 0 radical (unpaired) electrons. The lowest BCUT2D eigenvalue weighted by Crippen LogP contribution is -2.00. The maximum atomic E-state index is 9.73. The van der Waals surface area contributed by atoms with E-state index >= 15 is 0 Å². The molecular weight excluding hydrogens is 202 g/mol. The molecule has 0 aliphatic heterocycles. The van der Waals surface area contributed by atoms with Crippen LogP contribution in [0.1, 0.15) is 23.1 Å². The Morgan fingerprint density at radius 3 is 3.00 bits per heavy atom. The van der Waals surface area contributed by atoms with Gasteiger partial charge in [0.2, 0.25) is 0 Å². The second-order valence-electron chi connectivity index (χ2n) is 3.50. The molecule has 0 bridgehead atoms. The van der Waals surface area contributed by atoms with Crippen molar-refractivity contribution in [2.24, 2.45) is 5.90 Å². The second kappa shape index (κ2) is 3.77. The Hall–Kier alpha value is -0.770. The number of fused-ring (bicyclic) bond motifs is 1. The van der Waals surface area contributed by atoms with Crippen molar-refractivity contribution in [2.75, 3.05) is 0 Å². The summed E-state index contributed by atoms with van der Waals surface area (Å²) < 4.78 is 0. The van der Waals surface area contributed by atoms with Gasteiger partial charge < -0.3 is 5.11 Å². The van der Waals surface area contributed by atoms with Gasteiger partial charge in [-0.25, -0.2) is 5.90 Å². The van der Waals surface area contributed by atoms with Gasteiger partial charge in [0.25, 0.3) is 0 Å². The molecule has 1 aliphatic carbocycles. The Morgan fingerprint density at radius 1 is 1.50 bits per heavy atom. The highest BCUT2D eigenvalue weighted by Gasteiger charge is 2.19. The smallest absolute Gasteiger partial charge is 0.140 e. The van der Waals surface area contributed by atoms with Gasteiger partial charge in [0.15, 0.2) is 0 Å². The maximum absolute atomic E-state index is 9.73. The lowest BCUT2D eigenvalue weighted by molar-refractivity contribution is 0.122. The van der Waals surface area contributed by atoms with Gasteiger partial charge in [0, 0.05) is 5.56 Å². The first-order valence-corrected chi connectivity index (χ1v) is 4.95. The van der Waals surface area contributed by atoms with Crippen LogP contribution in [0.5, 0.6) is 5.75 Å². The number of aromatic hydroxyl groups is 1. The summed E-state index contributed by atoms with van der Waals surface area (Å²) in [5, 5.41) is 10.2. The highest BCUT2D eigenvalue weighted by atomic mass is 35.5. The van der Waals surface area contributed by atoms with Crippen molar-refractivity contribution in [1.29, 1.82) is 0 Å².